The molecule has 0 amide bonds. The van der Waals surface area contributed by atoms with E-state index in [9.17, 15) is 0 Å². The molecular formula is C27H26P+. The molecule has 2 atom stereocenters. The Morgan fingerprint density at radius 2 is 1.00 bits per heavy atom. The summed E-state index contributed by atoms with van der Waals surface area (Å²) in [6, 6.07) is 29.3. The lowest BCUT2D eigenvalue weighted by molar-refractivity contribution is 1.04. The van der Waals surface area contributed by atoms with Gasteiger partial charge in [-0.25, -0.2) is 0 Å². The van der Waals surface area contributed by atoms with Crippen LogP contribution >= 0.6 is 7.26 Å². The van der Waals surface area contributed by atoms with Gasteiger partial charge < -0.3 is 0 Å². The highest BCUT2D eigenvalue weighted by Gasteiger charge is 2.55. The van der Waals surface area contributed by atoms with Crippen LogP contribution in [0.4, 0.5) is 0 Å². The van der Waals surface area contributed by atoms with Gasteiger partial charge in [0.05, 0.1) is 19.2 Å². The first kappa shape index (κ1) is 17.7. The zero-order chi connectivity index (χ0) is 19.3. The fraction of sp³-hybridized carbons (Fsp3) is 0.185. The van der Waals surface area contributed by atoms with Crippen LogP contribution in [-0.4, -0.2) is 6.66 Å². The van der Waals surface area contributed by atoms with Crippen molar-refractivity contribution in [2.24, 2.45) is 0 Å². The van der Waals surface area contributed by atoms with E-state index in [0.29, 0.717) is 11.3 Å². The van der Waals surface area contributed by atoms with Gasteiger partial charge in [-0.3, -0.25) is 0 Å². The molecule has 0 bridgehead atoms. The fourth-order valence-electron chi connectivity index (χ4n) is 5.54. The first-order valence-corrected chi connectivity index (χ1v) is 12.4. The first-order valence-electron chi connectivity index (χ1n) is 10.1. The lowest BCUT2D eigenvalue weighted by atomic mass is 10.1. The highest BCUT2D eigenvalue weighted by Crippen LogP contribution is 2.80. The van der Waals surface area contributed by atoms with Crippen LogP contribution in [0.3, 0.4) is 0 Å². The molecule has 0 radical (unpaired) electrons. The van der Waals surface area contributed by atoms with E-state index < -0.39 is 7.26 Å². The molecule has 0 fully saturated rings. The second kappa shape index (κ2) is 6.57. The molecule has 1 heteroatoms. The Morgan fingerprint density at radius 1 is 0.571 bits per heavy atom. The van der Waals surface area contributed by atoms with E-state index in [2.05, 4.69) is 112 Å². The van der Waals surface area contributed by atoms with E-state index in [1.165, 1.54) is 38.7 Å². The Bertz CT molecular complexity index is 1040. The van der Waals surface area contributed by atoms with Crippen molar-refractivity contribution < 1.29 is 0 Å². The number of fused-ring (bicyclic) bond motifs is 2. The van der Waals surface area contributed by atoms with E-state index in [1.54, 1.807) is 0 Å². The van der Waals surface area contributed by atoms with E-state index in [-0.39, 0.29) is 0 Å². The highest BCUT2D eigenvalue weighted by molar-refractivity contribution is 7.83. The zero-order valence-corrected chi connectivity index (χ0v) is 17.7. The number of benzene rings is 3. The third-order valence-corrected chi connectivity index (χ3v) is 11.5. The van der Waals surface area contributed by atoms with Gasteiger partial charge in [0.2, 0.25) is 0 Å². The SMILES string of the molecule is CC1=Cc2ccccc2C1[P+](C)(c1ccccc1)C1C(C)=Cc2ccccc21. The second-order valence-electron chi connectivity index (χ2n) is 8.32. The molecule has 0 saturated heterocycles. The summed E-state index contributed by atoms with van der Waals surface area (Å²) in [5.41, 5.74) is 9.81. The summed E-state index contributed by atoms with van der Waals surface area (Å²) in [7, 11) is -1.63. The molecule has 0 heterocycles. The third-order valence-electron chi connectivity index (χ3n) is 6.60. The number of hydrogen-bond acceptors (Lipinski definition) is 0. The minimum absolute atomic E-state index is 0.477. The van der Waals surface area contributed by atoms with E-state index in [4.69, 9.17) is 0 Å². The molecule has 3 aromatic carbocycles. The Labute approximate surface area is 169 Å². The van der Waals surface area contributed by atoms with E-state index >= 15 is 0 Å². The van der Waals surface area contributed by atoms with Crippen LogP contribution in [-0.2, 0) is 0 Å². The van der Waals surface area contributed by atoms with Crippen LogP contribution in [0.5, 0.6) is 0 Å². The van der Waals surface area contributed by atoms with Gasteiger partial charge in [-0.2, -0.15) is 0 Å². The van der Waals surface area contributed by atoms with E-state index in [1.807, 2.05) is 0 Å². The zero-order valence-electron chi connectivity index (χ0n) is 16.8. The number of hydrogen-bond donors (Lipinski definition) is 0. The summed E-state index contributed by atoms with van der Waals surface area (Å²) in [5.74, 6) is 0. The summed E-state index contributed by atoms with van der Waals surface area (Å²) in [6.07, 6.45) is 4.84. The quantitative estimate of drug-likeness (QED) is 0.418. The molecule has 3 aromatic rings. The van der Waals surface area contributed by atoms with Crippen molar-refractivity contribution in [1.82, 2.24) is 0 Å². The monoisotopic (exact) mass is 381 g/mol. The predicted molar refractivity (Wildman–Crippen MR) is 125 cm³/mol. The number of rotatable bonds is 3. The van der Waals surface area contributed by atoms with Crippen molar-refractivity contribution in [3.8, 4) is 0 Å². The molecule has 0 nitrogen and oxygen atoms in total. The molecular weight excluding hydrogens is 355 g/mol. The first-order chi connectivity index (χ1) is 13.6. The molecule has 0 spiro atoms. The summed E-state index contributed by atoms with van der Waals surface area (Å²) < 4.78 is 0. The summed E-state index contributed by atoms with van der Waals surface area (Å²) in [4.78, 5) is 0. The Hall–Kier alpha value is -2.43. The van der Waals surface area contributed by atoms with Crippen LogP contribution in [0, 0.1) is 0 Å². The Kier molecular flexibility index (Phi) is 4.14. The van der Waals surface area contributed by atoms with Gasteiger partial charge in [0.25, 0.3) is 0 Å². The largest absolute Gasteiger partial charge is 0.121 e. The predicted octanol–water partition coefficient (Wildman–Crippen LogP) is 7.28. The van der Waals surface area contributed by atoms with Crippen molar-refractivity contribution in [2.75, 3.05) is 6.66 Å². The van der Waals surface area contributed by atoms with Gasteiger partial charge in [-0.15, -0.1) is 0 Å². The molecule has 2 aliphatic carbocycles. The van der Waals surface area contributed by atoms with E-state index in [0.717, 1.165) is 0 Å². The minimum atomic E-state index is -1.63. The maximum absolute atomic E-state index is 2.59. The Balaban J connectivity index is 1.78. The van der Waals surface area contributed by atoms with Gasteiger partial charge in [-0.1, -0.05) is 78.9 Å². The standard InChI is InChI=1S/C27H26P/c1-19-17-21-11-7-9-15-24(21)26(19)28(3,23-13-5-4-6-14-23)27-20(2)18-22-12-8-10-16-25(22)27/h4-18,26-27H,1-3H3/q+1. The highest BCUT2D eigenvalue weighted by atomic mass is 31.2. The molecule has 0 aliphatic heterocycles. The maximum Gasteiger partial charge on any atom is 0.121 e. The Morgan fingerprint density at radius 3 is 1.50 bits per heavy atom. The van der Waals surface area contributed by atoms with Gasteiger partial charge in [-0.05, 0) is 48.3 Å². The van der Waals surface area contributed by atoms with Crippen LogP contribution in [0.2, 0.25) is 0 Å². The lowest BCUT2D eigenvalue weighted by Crippen LogP contribution is -2.23. The third kappa shape index (κ3) is 2.48. The number of allylic oxidation sites excluding steroid dienone is 2. The van der Waals surface area contributed by atoms with Gasteiger partial charge in [0, 0.05) is 11.1 Å². The van der Waals surface area contributed by atoms with Crippen molar-refractivity contribution in [3.05, 3.63) is 112 Å². The average Bonchev–Trinajstić information content (AvgIpc) is 3.24. The minimum Gasteiger partial charge on any atom is -0.0620 e. The summed E-state index contributed by atoms with van der Waals surface area (Å²) >= 11 is 0. The van der Waals surface area contributed by atoms with Crippen LogP contribution < -0.4 is 5.30 Å². The smallest absolute Gasteiger partial charge is 0.0620 e. The van der Waals surface area contributed by atoms with Crippen molar-refractivity contribution >= 4 is 24.7 Å². The van der Waals surface area contributed by atoms with Gasteiger partial charge in [0.15, 0.2) is 0 Å². The molecule has 2 aliphatic rings. The van der Waals surface area contributed by atoms with Crippen LogP contribution in [0.1, 0.15) is 47.4 Å². The molecule has 0 saturated carbocycles. The topological polar surface area (TPSA) is 0 Å². The lowest BCUT2D eigenvalue weighted by Gasteiger charge is -2.37. The fourth-order valence-corrected chi connectivity index (χ4v) is 10.7. The molecule has 28 heavy (non-hydrogen) atoms. The summed E-state index contributed by atoms with van der Waals surface area (Å²) in [5, 5.41) is 1.53. The second-order valence-corrected chi connectivity index (χ2v) is 12.2. The molecule has 5 rings (SSSR count). The van der Waals surface area contributed by atoms with Crippen molar-refractivity contribution in [1.29, 1.82) is 0 Å². The van der Waals surface area contributed by atoms with Gasteiger partial charge >= 0.3 is 0 Å². The molecule has 138 valence electrons. The normalized spacial score (nSPS) is 22.1. The maximum atomic E-state index is 2.59. The van der Waals surface area contributed by atoms with Crippen molar-refractivity contribution in [3.63, 3.8) is 0 Å². The van der Waals surface area contributed by atoms with Gasteiger partial charge in [0.1, 0.15) is 11.3 Å². The molecule has 0 N–H and O–H groups in total. The van der Waals surface area contributed by atoms with Crippen molar-refractivity contribution in [2.45, 2.75) is 25.2 Å². The summed E-state index contributed by atoms with van der Waals surface area (Å²) in [6.45, 7) is 7.27. The van der Waals surface area contributed by atoms with Crippen LogP contribution in [0.25, 0.3) is 12.2 Å². The average molecular weight is 381 g/mol. The van der Waals surface area contributed by atoms with Crippen LogP contribution in [0.15, 0.2) is 90.0 Å². The molecule has 0 aromatic heterocycles. The molecule has 2 unspecified atom stereocenters.